The van der Waals surface area contributed by atoms with E-state index in [1.165, 1.54) is 11.8 Å². The highest BCUT2D eigenvalue weighted by molar-refractivity contribution is 7.99. The average molecular weight is 351 g/mol. The van der Waals surface area contributed by atoms with E-state index >= 15 is 0 Å². The van der Waals surface area contributed by atoms with Crippen LogP contribution in [0.4, 0.5) is 5.69 Å². The number of ether oxygens (including phenoxy) is 1. The lowest BCUT2D eigenvalue weighted by atomic mass is 10.1. The molecule has 1 heterocycles. The number of anilines is 1. The van der Waals surface area contributed by atoms with Crippen LogP contribution in [-0.2, 0) is 4.79 Å². The molecule has 24 heavy (non-hydrogen) atoms. The molecule has 1 saturated heterocycles. The van der Waals surface area contributed by atoms with Crippen molar-refractivity contribution in [3.63, 3.8) is 0 Å². The van der Waals surface area contributed by atoms with E-state index in [9.17, 15) is 9.59 Å². The molecule has 0 saturated carbocycles. The van der Waals surface area contributed by atoms with Crippen LogP contribution in [0.1, 0.15) is 17.3 Å². The molecule has 1 N–H and O–H groups in total. The van der Waals surface area contributed by atoms with Crippen LogP contribution in [0.25, 0.3) is 0 Å². The second-order valence-corrected chi connectivity index (χ2v) is 7.06. The van der Waals surface area contributed by atoms with E-state index in [0.717, 1.165) is 13.1 Å². The number of nitrogens with one attached hydrogen (secondary N) is 1. The van der Waals surface area contributed by atoms with Gasteiger partial charge in [-0.1, -0.05) is 0 Å². The van der Waals surface area contributed by atoms with Gasteiger partial charge in [0.2, 0.25) is 5.91 Å². The van der Waals surface area contributed by atoms with Gasteiger partial charge in [0.25, 0.3) is 5.91 Å². The molecule has 7 heteroatoms. The van der Waals surface area contributed by atoms with Crippen molar-refractivity contribution in [3.05, 3.63) is 23.8 Å². The third kappa shape index (κ3) is 4.42. The van der Waals surface area contributed by atoms with Crippen LogP contribution in [0, 0.1) is 0 Å². The molecule has 0 spiro atoms. The number of nitrogens with zero attached hydrogens (tertiary/aromatic N) is 2. The van der Waals surface area contributed by atoms with Crippen molar-refractivity contribution in [3.8, 4) is 5.75 Å². The van der Waals surface area contributed by atoms with Gasteiger partial charge in [0.1, 0.15) is 5.75 Å². The Kier molecular flexibility index (Phi) is 6.51. The Morgan fingerprint density at radius 2 is 1.92 bits per heavy atom. The summed E-state index contributed by atoms with van der Waals surface area (Å²) in [5.41, 5.74) is 1.09. The first-order valence-corrected chi connectivity index (χ1v) is 9.24. The van der Waals surface area contributed by atoms with Crippen molar-refractivity contribution >= 4 is 29.3 Å². The zero-order valence-electron chi connectivity index (χ0n) is 14.7. The molecule has 1 atom stereocenters. The molecule has 1 aliphatic rings. The lowest BCUT2D eigenvalue weighted by molar-refractivity contribution is -0.115. The molecule has 6 nitrogen and oxygen atoms in total. The summed E-state index contributed by atoms with van der Waals surface area (Å²) in [6.07, 6.45) is 1.88. The van der Waals surface area contributed by atoms with E-state index in [1.807, 2.05) is 18.1 Å². The molecule has 132 valence electrons. The van der Waals surface area contributed by atoms with Gasteiger partial charge in [-0.05, 0) is 38.4 Å². The second kappa shape index (κ2) is 8.39. The van der Waals surface area contributed by atoms with Crippen LogP contribution in [0.15, 0.2) is 18.2 Å². The number of rotatable bonds is 5. The van der Waals surface area contributed by atoms with E-state index in [-0.39, 0.29) is 17.1 Å². The van der Waals surface area contributed by atoms with E-state index in [4.69, 9.17) is 4.74 Å². The normalized spacial score (nSPS) is 16.6. The van der Waals surface area contributed by atoms with Crippen molar-refractivity contribution in [2.45, 2.75) is 12.2 Å². The highest BCUT2D eigenvalue weighted by atomic mass is 32.2. The largest absolute Gasteiger partial charge is 0.495 e. The van der Waals surface area contributed by atoms with Crippen LogP contribution in [0.3, 0.4) is 0 Å². The van der Waals surface area contributed by atoms with Crippen LogP contribution in [-0.4, -0.2) is 73.5 Å². The summed E-state index contributed by atoms with van der Waals surface area (Å²) < 4.78 is 5.30. The van der Waals surface area contributed by atoms with Crippen LogP contribution in [0.2, 0.25) is 0 Å². The highest BCUT2D eigenvalue weighted by Gasteiger charge is 2.22. The maximum Gasteiger partial charge on any atom is 0.254 e. The van der Waals surface area contributed by atoms with E-state index in [1.54, 1.807) is 25.3 Å². The lowest BCUT2D eigenvalue weighted by Gasteiger charge is -2.32. The van der Waals surface area contributed by atoms with Gasteiger partial charge in [-0.3, -0.25) is 9.59 Å². The van der Waals surface area contributed by atoms with Gasteiger partial charge in [0.15, 0.2) is 0 Å². The summed E-state index contributed by atoms with van der Waals surface area (Å²) in [6.45, 7) is 5.01. The molecule has 0 aromatic heterocycles. The van der Waals surface area contributed by atoms with E-state index in [0.29, 0.717) is 30.1 Å². The lowest BCUT2D eigenvalue weighted by Crippen LogP contribution is -2.47. The van der Waals surface area contributed by atoms with E-state index < -0.39 is 0 Å². The molecule has 0 bridgehead atoms. The van der Waals surface area contributed by atoms with Crippen molar-refractivity contribution in [2.75, 3.05) is 51.9 Å². The Hall–Kier alpha value is -1.73. The van der Waals surface area contributed by atoms with Crippen molar-refractivity contribution < 1.29 is 14.3 Å². The van der Waals surface area contributed by atoms with Crippen LogP contribution >= 0.6 is 11.8 Å². The first-order chi connectivity index (χ1) is 11.5. The Balaban J connectivity index is 2.18. The summed E-state index contributed by atoms with van der Waals surface area (Å²) in [5, 5.41) is 2.68. The summed E-state index contributed by atoms with van der Waals surface area (Å²) in [4.78, 5) is 28.9. The van der Waals surface area contributed by atoms with Crippen molar-refractivity contribution in [2.24, 2.45) is 0 Å². The van der Waals surface area contributed by atoms with Gasteiger partial charge in [-0.25, -0.2) is 0 Å². The molecule has 1 aromatic carbocycles. The monoisotopic (exact) mass is 351 g/mol. The van der Waals surface area contributed by atoms with Crippen molar-refractivity contribution in [1.29, 1.82) is 0 Å². The SMILES string of the molecule is COc1ccc(C(=O)N2CCN(C)CC2)cc1NC(=O)C(C)SC. The number of methoxy groups -OCH3 is 1. The molecule has 2 rings (SSSR count). The summed E-state index contributed by atoms with van der Waals surface area (Å²) in [7, 11) is 3.60. The minimum atomic E-state index is -0.174. The zero-order valence-corrected chi connectivity index (χ0v) is 15.5. The van der Waals surface area contributed by atoms with Crippen LogP contribution in [0.5, 0.6) is 5.75 Å². The van der Waals surface area contributed by atoms with Gasteiger partial charge >= 0.3 is 0 Å². The Bertz CT molecular complexity index is 601. The Morgan fingerprint density at radius 1 is 1.25 bits per heavy atom. The summed E-state index contributed by atoms with van der Waals surface area (Å²) in [5.74, 6) is 0.427. The number of piperazine rings is 1. The quantitative estimate of drug-likeness (QED) is 0.876. The number of amides is 2. The number of benzene rings is 1. The molecule has 1 fully saturated rings. The van der Waals surface area contributed by atoms with Gasteiger partial charge in [-0.2, -0.15) is 11.8 Å². The smallest absolute Gasteiger partial charge is 0.254 e. The first kappa shape index (κ1) is 18.6. The number of carbonyl (C=O) groups is 2. The Morgan fingerprint density at radius 3 is 2.50 bits per heavy atom. The molecule has 0 aliphatic carbocycles. The maximum atomic E-state index is 12.7. The number of likely N-dealkylation sites (N-methyl/N-ethyl adjacent to an activating group) is 1. The van der Waals surface area contributed by atoms with Crippen molar-refractivity contribution in [1.82, 2.24) is 9.80 Å². The average Bonchev–Trinajstić information content (AvgIpc) is 2.60. The molecule has 1 unspecified atom stereocenters. The topological polar surface area (TPSA) is 61.9 Å². The zero-order chi connectivity index (χ0) is 17.7. The van der Waals surface area contributed by atoms with Gasteiger partial charge in [0, 0.05) is 31.7 Å². The molecular weight excluding hydrogens is 326 g/mol. The highest BCUT2D eigenvalue weighted by Crippen LogP contribution is 2.27. The number of thioether (sulfide) groups is 1. The standard InChI is InChI=1S/C17H25N3O3S/c1-12(24-4)16(21)18-14-11-13(5-6-15(14)23-3)17(22)20-9-7-19(2)8-10-20/h5-6,11-12H,7-10H2,1-4H3,(H,18,21). The van der Waals surface area contributed by atoms with Gasteiger partial charge < -0.3 is 19.9 Å². The summed E-state index contributed by atoms with van der Waals surface area (Å²) >= 11 is 1.47. The second-order valence-electron chi connectivity index (χ2n) is 5.88. The maximum absolute atomic E-state index is 12.7. The predicted octanol–water partition coefficient (Wildman–Crippen LogP) is 1.77. The third-order valence-corrected chi connectivity index (χ3v) is 5.14. The molecule has 0 radical (unpaired) electrons. The molecular formula is C17H25N3O3S. The fourth-order valence-electron chi connectivity index (χ4n) is 2.47. The minimum Gasteiger partial charge on any atom is -0.495 e. The molecule has 1 aromatic rings. The first-order valence-electron chi connectivity index (χ1n) is 7.95. The van der Waals surface area contributed by atoms with E-state index in [2.05, 4.69) is 17.3 Å². The van der Waals surface area contributed by atoms with Gasteiger partial charge in [-0.15, -0.1) is 0 Å². The van der Waals surface area contributed by atoms with Crippen LogP contribution < -0.4 is 10.1 Å². The van der Waals surface area contributed by atoms with Gasteiger partial charge in [0.05, 0.1) is 18.0 Å². The minimum absolute atomic E-state index is 0.0147. The Labute approximate surface area is 147 Å². The third-order valence-electron chi connectivity index (χ3n) is 4.22. The number of hydrogen-bond donors (Lipinski definition) is 1. The number of carbonyl (C=O) groups excluding carboxylic acids is 2. The summed E-state index contributed by atoms with van der Waals surface area (Å²) in [6, 6.07) is 5.17. The molecule has 2 amide bonds. The predicted molar refractivity (Wildman–Crippen MR) is 98.0 cm³/mol. The number of hydrogen-bond acceptors (Lipinski definition) is 5. The fourth-order valence-corrected chi connectivity index (χ4v) is 2.75. The molecule has 1 aliphatic heterocycles. The fraction of sp³-hybridized carbons (Fsp3) is 0.529.